The van der Waals surface area contributed by atoms with Crippen LogP contribution in [0.4, 0.5) is 0 Å². The molecule has 0 nitrogen and oxygen atoms in total. The van der Waals surface area contributed by atoms with Crippen molar-refractivity contribution in [2.45, 2.75) is 6.42 Å². The van der Waals surface area contributed by atoms with Crippen molar-refractivity contribution in [1.82, 2.24) is 0 Å². The summed E-state index contributed by atoms with van der Waals surface area (Å²) in [6, 6.07) is 31.5. The Morgan fingerprint density at radius 3 is 1.81 bits per heavy atom. The van der Waals surface area contributed by atoms with Gasteiger partial charge in [0.1, 0.15) is 0 Å². The van der Waals surface area contributed by atoms with E-state index in [0.717, 1.165) is 6.42 Å². The normalized spacial score (nSPS) is 11.9. The first-order valence-electron chi connectivity index (χ1n) is 9.17. The molecule has 0 bridgehead atoms. The summed E-state index contributed by atoms with van der Waals surface area (Å²) in [5.41, 5.74) is 11.0. The van der Waals surface area contributed by atoms with Crippen molar-refractivity contribution in [1.29, 1.82) is 0 Å². The fourth-order valence-corrected chi connectivity index (χ4v) is 4.90. The molecule has 0 spiro atoms. The van der Waals surface area contributed by atoms with Crippen molar-refractivity contribution >= 4 is 42.4 Å². The maximum atomic E-state index is 2.32. The third kappa shape index (κ3) is 3.02. The quantitative estimate of drug-likeness (QED) is 0.348. The predicted octanol–water partition coefficient (Wildman–Crippen LogP) is 3.11. The Morgan fingerprint density at radius 2 is 1.11 bits per heavy atom. The Labute approximate surface area is 177 Å². The van der Waals surface area contributed by atoms with Gasteiger partial charge in [0, 0.05) is 0 Å². The Morgan fingerprint density at radius 1 is 0.519 bits per heavy atom. The van der Waals surface area contributed by atoms with E-state index in [1.807, 2.05) is 0 Å². The molecule has 1 aliphatic rings. The SMILES string of the molecule is [AsH2]c1ccc(-c2ccc3c(c2-c2ccc([AsH2])cc2)Cc2ccccc2-3)cc1. The van der Waals surface area contributed by atoms with E-state index in [2.05, 4.69) is 84.9 Å². The van der Waals surface area contributed by atoms with Gasteiger partial charge in [-0.2, -0.15) is 0 Å². The van der Waals surface area contributed by atoms with Gasteiger partial charge in [0.2, 0.25) is 0 Å². The Balaban J connectivity index is 1.79. The van der Waals surface area contributed by atoms with Gasteiger partial charge in [0.05, 0.1) is 0 Å². The average Bonchev–Trinajstić information content (AvgIpc) is 3.07. The third-order valence-corrected chi connectivity index (χ3v) is 7.02. The first-order chi connectivity index (χ1) is 13.2. The second-order valence-electron chi connectivity index (χ2n) is 7.09. The molecular weight excluding hydrogens is 450 g/mol. The molecule has 2 heteroatoms. The molecule has 0 aromatic heterocycles. The summed E-state index contributed by atoms with van der Waals surface area (Å²) < 4.78 is 2.72. The van der Waals surface area contributed by atoms with Crippen LogP contribution < -0.4 is 8.70 Å². The van der Waals surface area contributed by atoms with Crippen molar-refractivity contribution < 1.29 is 0 Å². The van der Waals surface area contributed by atoms with E-state index in [-0.39, 0.29) is 0 Å². The molecule has 0 fully saturated rings. The van der Waals surface area contributed by atoms with Crippen LogP contribution in [0.1, 0.15) is 11.1 Å². The van der Waals surface area contributed by atoms with Crippen molar-refractivity contribution in [2.24, 2.45) is 0 Å². The second kappa shape index (κ2) is 6.86. The average molecular weight is 470 g/mol. The van der Waals surface area contributed by atoms with E-state index >= 15 is 0 Å². The van der Waals surface area contributed by atoms with Crippen LogP contribution in [0.2, 0.25) is 0 Å². The summed E-state index contributed by atoms with van der Waals surface area (Å²) in [5.74, 6) is 0. The number of rotatable bonds is 2. The van der Waals surface area contributed by atoms with Crippen molar-refractivity contribution in [3.63, 3.8) is 0 Å². The summed E-state index contributed by atoms with van der Waals surface area (Å²) in [6.45, 7) is 0. The minimum absolute atomic E-state index is 1.02. The fourth-order valence-electron chi connectivity index (χ4n) is 4.09. The van der Waals surface area contributed by atoms with Crippen LogP contribution in [0.5, 0.6) is 0 Å². The maximum absolute atomic E-state index is 2.32. The van der Waals surface area contributed by atoms with Crippen molar-refractivity contribution in [3.05, 3.63) is 96.1 Å². The van der Waals surface area contributed by atoms with E-state index in [0.29, 0.717) is 0 Å². The van der Waals surface area contributed by atoms with Gasteiger partial charge in [-0.25, -0.2) is 0 Å². The van der Waals surface area contributed by atoms with E-state index in [9.17, 15) is 0 Å². The Bertz CT molecular complexity index is 1140. The van der Waals surface area contributed by atoms with E-state index in [1.54, 1.807) is 33.7 Å². The zero-order valence-electron chi connectivity index (χ0n) is 14.9. The molecule has 130 valence electrons. The van der Waals surface area contributed by atoms with E-state index in [4.69, 9.17) is 0 Å². The van der Waals surface area contributed by atoms with E-state index in [1.165, 1.54) is 53.2 Å². The number of hydrogen-bond donors (Lipinski definition) is 0. The monoisotopic (exact) mass is 470 g/mol. The summed E-state index contributed by atoms with van der Waals surface area (Å²) >= 11 is 3.35. The van der Waals surface area contributed by atoms with Crippen LogP contribution >= 0.6 is 0 Å². The van der Waals surface area contributed by atoms with Gasteiger partial charge in [-0.3, -0.25) is 0 Å². The molecule has 0 saturated heterocycles. The zero-order chi connectivity index (χ0) is 18.4. The second-order valence-corrected chi connectivity index (χ2v) is 9.89. The molecule has 0 saturated carbocycles. The minimum atomic E-state index is 1.02. The van der Waals surface area contributed by atoms with Crippen LogP contribution in [0, 0.1) is 0 Å². The first kappa shape index (κ1) is 17.1. The molecule has 27 heavy (non-hydrogen) atoms. The van der Waals surface area contributed by atoms with Gasteiger partial charge in [-0.1, -0.05) is 0 Å². The van der Waals surface area contributed by atoms with Gasteiger partial charge >= 0.3 is 178 Å². The van der Waals surface area contributed by atoms with Crippen LogP contribution in [0.3, 0.4) is 0 Å². The summed E-state index contributed by atoms with van der Waals surface area (Å²) in [4.78, 5) is 0. The Kier molecular flexibility index (Phi) is 4.35. The Hall–Kier alpha value is -2.00. The molecule has 1 aliphatic carbocycles. The molecule has 0 heterocycles. The van der Waals surface area contributed by atoms with Crippen LogP contribution in [-0.2, 0) is 6.42 Å². The van der Waals surface area contributed by atoms with Crippen LogP contribution in [-0.4, -0.2) is 33.7 Å². The molecule has 4 aromatic carbocycles. The molecule has 0 N–H and O–H groups in total. The molecule has 5 rings (SSSR count). The zero-order valence-corrected chi connectivity index (χ0v) is 19.8. The van der Waals surface area contributed by atoms with Crippen LogP contribution in [0.25, 0.3) is 33.4 Å². The predicted molar refractivity (Wildman–Crippen MR) is 122 cm³/mol. The van der Waals surface area contributed by atoms with Gasteiger partial charge in [-0.15, -0.1) is 0 Å². The van der Waals surface area contributed by atoms with Gasteiger partial charge in [0.15, 0.2) is 0 Å². The summed E-state index contributed by atoms with van der Waals surface area (Å²) in [7, 11) is 0. The van der Waals surface area contributed by atoms with Gasteiger partial charge in [0.25, 0.3) is 0 Å². The molecule has 0 aliphatic heterocycles. The molecule has 2 unspecified atom stereocenters. The van der Waals surface area contributed by atoms with E-state index < -0.39 is 0 Å². The fraction of sp³-hybridized carbons (Fsp3) is 0.0400. The first-order valence-corrected chi connectivity index (χ1v) is 11.6. The van der Waals surface area contributed by atoms with Gasteiger partial charge < -0.3 is 0 Å². The standard InChI is InChI=1S/C25H20As2/c26-19-9-5-16(6-10-19)22-13-14-23-21-4-2-1-3-18(21)15-24(23)25(22)17-7-11-20(27)12-8-17/h1-14H,15,26-27H2. The number of hydrogen-bond acceptors (Lipinski definition) is 0. The molecule has 0 radical (unpaired) electrons. The summed E-state index contributed by atoms with van der Waals surface area (Å²) in [5, 5.41) is 0. The molecule has 2 atom stereocenters. The third-order valence-electron chi connectivity index (χ3n) is 5.41. The topological polar surface area (TPSA) is 0 Å². The molecule has 4 aromatic rings. The molecule has 0 amide bonds. The number of fused-ring (bicyclic) bond motifs is 3. The van der Waals surface area contributed by atoms with Crippen LogP contribution in [0.15, 0.2) is 84.9 Å². The summed E-state index contributed by atoms with van der Waals surface area (Å²) in [6.07, 6.45) is 1.02. The van der Waals surface area contributed by atoms with Crippen molar-refractivity contribution in [2.75, 3.05) is 0 Å². The molecular formula is C25H20As2. The number of benzene rings is 4. The van der Waals surface area contributed by atoms with Gasteiger partial charge in [-0.05, 0) is 0 Å². The van der Waals surface area contributed by atoms with Crippen molar-refractivity contribution in [3.8, 4) is 33.4 Å².